The van der Waals surface area contributed by atoms with Crippen LogP contribution in [0.25, 0.3) is 0 Å². The van der Waals surface area contributed by atoms with E-state index in [1.165, 1.54) is 0 Å². The summed E-state index contributed by atoms with van der Waals surface area (Å²) in [5.41, 5.74) is 1.66. The molecule has 0 aromatic carbocycles. The van der Waals surface area contributed by atoms with E-state index in [2.05, 4.69) is 25.9 Å². The minimum absolute atomic E-state index is 0.499. The molecule has 82 valence electrons. The van der Waals surface area contributed by atoms with E-state index < -0.39 is 6.10 Å². The first kappa shape index (κ1) is 11.2. The molecule has 0 bridgehead atoms. The van der Waals surface area contributed by atoms with Crippen molar-refractivity contribution in [2.75, 3.05) is 0 Å². The van der Waals surface area contributed by atoms with Crippen molar-refractivity contribution in [3.63, 3.8) is 0 Å². The molecular weight excluding hydrogens is 268 g/mol. The van der Waals surface area contributed by atoms with E-state index in [0.29, 0.717) is 6.42 Å². The van der Waals surface area contributed by atoms with Crippen molar-refractivity contribution in [1.82, 2.24) is 9.97 Å². The fourth-order valence-corrected chi connectivity index (χ4v) is 1.83. The molecule has 0 amide bonds. The van der Waals surface area contributed by atoms with Gasteiger partial charge in [-0.05, 0) is 34.1 Å². The fraction of sp³-hybridized carbons (Fsp3) is 0.167. The molecular formula is C12H11BrN2O. The highest BCUT2D eigenvalue weighted by Gasteiger charge is 2.09. The molecule has 1 N–H and O–H groups in total. The van der Waals surface area contributed by atoms with Gasteiger partial charge in [0.1, 0.15) is 0 Å². The zero-order valence-corrected chi connectivity index (χ0v) is 10.1. The standard InChI is InChI=1S/C12H11BrN2O/c13-10-5-9(7-14-8-10)12(16)6-11-3-1-2-4-15-11/h1-5,7-8,12,16H,6H2. The number of nitrogens with zero attached hydrogens (tertiary/aromatic N) is 2. The molecule has 1 unspecified atom stereocenters. The summed E-state index contributed by atoms with van der Waals surface area (Å²) in [6.45, 7) is 0. The molecule has 0 saturated heterocycles. The topological polar surface area (TPSA) is 46.0 Å². The maximum atomic E-state index is 10.00. The Bertz CT molecular complexity index is 462. The average Bonchev–Trinajstić information content (AvgIpc) is 2.30. The second-order valence-corrected chi connectivity index (χ2v) is 4.39. The van der Waals surface area contributed by atoms with Gasteiger partial charge >= 0.3 is 0 Å². The number of hydrogen-bond donors (Lipinski definition) is 1. The van der Waals surface area contributed by atoms with E-state index in [1.807, 2.05) is 24.3 Å². The Hall–Kier alpha value is -1.26. The molecule has 16 heavy (non-hydrogen) atoms. The van der Waals surface area contributed by atoms with Crippen LogP contribution in [0, 0.1) is 0 Å². The largest absolute Gasteiger partial charge is 0.388 e. The lowest BCUT2D eigenvalue weighted by Crippen LogP contribution is -2.03. The van der Waals surface area contributed by atoms with E-state index >= 15 is 0 Å². The van der Waals surface area contributed by atoms with Crippen LogP contribution in [0.1, 0.15) is 17.4 Å². The minimum atomic E-state index is -0.570. The van der Waals surface area contributed by atoms with Crippen molar-refractivity contribution in [2.45, 2.75) is 12.5 Å². The number of rotatable bonds is 3. The zero-order valence-electron chi connectivity index (χ0n) is 8.55. The SMILES string of the molecule is OC(Cc1ccccn1)c1cncc(Br)c1. The summed E-state index contributed by atoms with van der Waals surface area (Å²) in [5.74, 6) is 0. The van der Waals surface area contributed by atoms with Crippen molar-refractivity contribution in [3.8, 4) is 0 Å². The normalized spacial score (nSPS) is 12.4. The third kappa shape index (κ3) is 2.87. The summed E-state index contributed by atoms with van der Waals surface area (Å²) in [6, 6.07) is 7.53. The summed E-state index contributed by atoms with van der Waals surface area (Å²) in [6.07, 6.45) is 5.01. The number of hydrogen-bond acceptors (Lipinski definition) is 3. The van der Waals surface area contributed by atoms with Crippen LogP contribution in [0.5, 0.6) is 0 Å². The second kappa shape index (κ2) is 5.18. The van der Waals surface area contributed by atoms with Crippen molar-refractivity contribution in [3.05, 3.63) is 58.6 Å². The van der Waals surface area contributed by atoms with E-state index in [9.17, 15) is 5.11 Å². The lowest BCUT2D eigenvalue weighted by atomic mass is 10.1. The smallest absolute Gasteiger partial charge is 0.0860 e. The zero-order chi connectivity index (χ0) is 11.4. The highest BCUT2D eigenvalue weighted by molar-refractivity contribution is 9.10. The molecule has 2 heterocycles. The molecule has 0 spiro atoms. The van der Waals surface area contributed by atoms with Gasteiger partial charge in [-0.15, -0.1) is 0 Å². The van der Waals surface area contributed by atoms with Gasteiger partial charge in [-0.3, -0.25) is 9.97 Å². The maximum Gasteiger partial charge on any atom is 0.0860 e. The fourth-order valence-electron chi connectivity index (χ4n) is 1.45. The van der Waals surface area contributed by atoms with Gasteiger partial charge in [-0.25, -0.2) is 0 Å². The molecule has 2 rings (SSSR count). The molecule has 0 aliphatic rings. The van der Waals surface area contributed by atoms with Crippen molar-refractivity contribution in [2.24, 2.45) is 0 Å². The quantitative estimate of drug-likeness (QED) is 0.939. The summed E-state index contributed by atoms with van der Waals surface area (Å²) in [7, 11) is 0. The van der Waals surface area contributed by atoms with Gasteiger partial charge in [0.25, 0.3) is 0 Å². The van der Waals surface area contributed by atoms with Gasteiger partial charge in [0, 0.05) is 40.7 Å². The van der Waals surface area contributed by atoms with Gasteiger partial charge in [0.15, 0.2) is 0 Å². The van der Waals surface area contributed by atoms with Gasteiger partial charge in [0.2, 0.25) is 0 Å². The maximum absolute atomic E-state index is 10.00. The Morgan fingerprint density at radius 3 is 2.88 bits per heavy atom. The number of aliphatic hydroxyl groups is 1. The number of halogens is 1. The average molecular weight is 279 g/mol. The molecule has 3 nitrogen and oxygen atoms in total. The molecule has 2 aromatic rings. The monoisotopic (exact) mass is 278 g/mol. The third-order valence-corrected chi connectivity index (χ3v) is 2.67. The van der Waals surface area contributed by atoms with Crippen molar-refractivity contribution >= 4 is 15.9 Å². The summed E-state index contributed by atoms with van der Waals surface area (Å²) in [5, 5.41) is 10.00. The molecule has 1 atom stereocenters. The van der Waals surface area contributed by atoms with Gasteiger partial charge in [-0.2, -0.15) is 0 Å². The van der Waals surface area contributed by atoms with E-state index in [4.69, 9.17) is 0 Å². The van der Waals surface area contributed by atoms with Crippen LogP contribution in [0.15, 0.2) is 47.3 Å². The molecule has 4 heteroatoms. The van der Waals surface area contributed by atoms with Crippen LogP contribution in [-0.2, 0) is 6.42 Å². The van der Waals surface area contributed by atoms with E-state index in [-0.39, 0.29) is 0 Å². The van der Waals surface area contributed by atoms with Gasteiger partial charge in [0.05, 0.1) is 6.10 Å². The summed E-state index contributed by atoms with van der Waals surface area (Å²) in [4.78, 5) is 8.19. The molecule has 0 aliphatic heterocycles. The first-order valence-electron chi connectivity index (χ1n) is 4.94. The highest BCUT2D eigenvalue weighted by atomic mass is 79.9. The Balaban J connectivity index is 2.12. The molecule has 0 saturated carbocycles. The number of pyridine rings is 2. The number of aliphatic hydroxyl groups excluding tert-OH is 1. The molecule has 0 fully saturated rings. The predicted molar refractivity (Wildman–Crippen MR) is 64.8 cm³/mol. The Morgan fingerprint density at radius 1 is 1.31 bits per heavy atom. The molecule has 2 aromatic heterocycles. The van der Waals surface area contributed by atoms with Crippen molar-refractivity contribution in [1.29, 1.82) is 0 Å². The first-order valence-corrected chi connectivity index (χ1v) is 5.73. The Kier molecular flexibility index (Phi) is 3.64. The van der Waals surface area contributed by atoms with Crippen LogP contribution in [0.3, 0.4) is 0 Å². The number of aromatic nitrogens is 2. The first-order chi connectivity index (χ1) is 7.75. The summed E-state index contributed by atoms with van der Waals surface area (Å²) >= 11 is 3.33. The third-order valence-electron chi connectivity index (χ3n) is 2.24. The molecule has 0 aliphatic carbocycles. The predicted octanol–water partition coefficient (Wildman–Crippen LogP) is 2.52. The lowest BCUT2D eigenvalue weighted by molar-refractivity contribution is 0.176. The minimum Gasteiger partial charge on any atom is -0.388 e. The summed E-state index contributed by atoms with van der Waals surface area (Å²) < 4.78 is 0.866. The Morgan fingerprint density at radius 2 is 2.19 bits per heavy atom. The highest BCUT2D eigenvalue weighted by Crippen LogP contribution is 2.19. The van der Waals surface area contributed by atoms with Crippen LogP contribution in [0.2, 0.25) is 0 Å². The van der Waals surface area contributed by atoms with E-state index in [1.54, 1.807) is 18.6 Å². The Labute approximate surface area is 102 Å². The van der Waals surface area contributed by atoms with Crippen LogP contribution in [-0.4, -0.2) is 15.1 Å². The van der Waals surface area contributed by atoms with Crippen LogP contribution < -0.4 is 0 Å². The van der Waals surface area contributed by atoms with Crippen LogP contribution >= 0.6 is 15.9 Å². The van der Waals surface area contributed by atoms with Gasteiger partial charge < -0.3 is 5.11 Å². The van der Waals surface area contributed by atoms with E-state index in [0.717, 1.165) is 15.7 Å². The van der Waals surface area contributed by atoms with Gasteiger partial charge in [-0.1, -0.05) is 6.07 Å². The second-order valence-electron chi connectivity index (χ2n) is 3.48. The van der Waals surface area contributed by atoms with Crippen LogP contribution in [0.4, 0.5) is 0 Å². The lowest BCUT2D eigenvalue weighted by Gasteiger charge is -2.10. The van der Waals surface area contributed by atoms with Crippen molar-refractivity contribution < 1.29 is 5.11 Å². The molecule has 0 radical (unpaired) electrons.